The van der Waals surface area contributed by atoms with Gasteiger partial charge in [-0.3, -0.25) is 14.5 Å². The second kappa shape index (κ2) is 8.54. The first-order valence-corrected chi connectivity index (χ1v) is 11.1. The fourth-order valence-electron chi connectivity index (χ4n) is 4.66. The minimum atomic E-state index is -1.01. The quantitative estimate of drug-likeness (QED) is 0.335. The van der Waals surface area contributed by atoms with Gasteiger partial charge in [0.15, 0.2) is 5.92 Å². The number of rotatable bonds is 5. The normalized spacial score (nSPS) is 17.8. The fraction of sp³-hybridized carbons (Fsp3) is 0.222. The van der Waals surface area contributed by atoms with Crippen LogP contribution in [0, 0.1) is 12.8 Å². The van der Waals surface area contributed by atoms with E-state index in [1.807, 2.05) is 90.4 Å². The summed E-state index contributed by atoms with van der Waals surface area (Å²) in [5.74, 6) is -1.29. The van der Waals surface area contributed by atoms with Gasteiger partial charge in [0.1, 0.15) is 0 Å². The third-order valence-electron chi connectivity index (χ3n) is 6.18. The van der Waals surface area contributed by atoms with Crippen molar-refractivity contribution in [2.24, 2.45) is 5.92 Å². The van der Waals surface area contributed by atoms with Crippen LogP contribution in [-0.4, -0.2) is 28.0 Å². The Bertz CT molecular complexity index is 1330. The van der Waals surface area contributed by atoms with Crippen molar-refractivity contribution in [1.82, 2.24) is 9.55 Å². The van der Waals surface area contributed by atoms with Crippen LogP contribution in [0.15, 0.2) is 78.9 Å². The summed E-state index contributed by atoms with van der Waals surface area (Å²) in [4.78, 5) is 33.7. The Morgan fingerprint density at radius 2 is 1.67 bits per heavy atom. The summed E-state index contributed by atoms with van der Waals surface area (Å²) in [5.41, 5.74) is 4.53. The number of ether oxygens (including phenoxy) is 1. The Morgan fingerprint density at radius 1 is 0.970 bits per heavy atom. The molecule has 2 atom stereocenters. The number of anilines is 1. The number of aryl methyl sites for hydroxylation is 1. The van der Waals surface area contributed by atoms with Crippen LogP contribution in [0.4, 0.5) is 5.95 Å². The van der Waals surface area contributed by atoms with Crippen LogP contribution in [0.5, 0.6) is 0 Å². The molecule has 0 saturated carbocycles. The van der Waals surface area contributed by atoms with Crippen molar-refractivity contribution in [2.45, 2.75) is 26.4 Å². The van der Waals surface area contributed by atoms with Gasteiger partial charge in [0.2, 0.25) is 11.9 Å². The number of aromatic nitrogens is 2. The van der Waals surface area contributed by atoms with E-state index in [0.29, 0.717) is 12.5 Å². The third-order valence-corrected chi connectivity index (χ3v) is 6.18. The summed E-state index contributed by atoms with van der Waals surface area (Å²) in [6, 6.07) is 24.8. The molecule has 0 saturated heterocycles. The predicted molar refractivity (Wildman–Crippen MR) is 127 cm³/mol. The van der Waals surface area contributed by atoms with E-state index in [1.54, 1.807) is 11.8 Å². The first kappa shape index (κ1) is 20.9. The lowest BCUT2D eigenvalue weighted by Gasteiger charge is -2.38. The molecule has 166 valence electrons. The molecule has 0 bridgehead atoms. The van der Waals surface area contributed by atoms with E-state index >= 15 is 0 Å². The van der Waals surface area contributed by atoms with Crippen LogP contribution in [-0.2, 0) is 20.9 Å². The molecule has 2 heterocycles. The molecule has 6 heteroatoms. The van der Waals surface area contributed by atoms with Gasteiger partial charge >= 0.3 is 5.97 Å². The summed E-state index contributed by atoms with van der Waals surface area (Å²) in [6.45, 7) is 4.28. The number of imidazole rings is 1. The maximum Gasteiger partial charge on any atom is 0.321 e. The molecule has 0 aliphatic carbocycles. The molecule has 0 unspecified atom stereocenters. The van der Waals surface area contributed by atoms with Crippen LogP contribution >= 0.6 is 0 Å². The number of hydrogen-bond donors (Lipinski definition) is 0. The Balaban J connectivity index is 1.77. The number of amides is 1. The standard InChI is InChI=1S/C27H25N3O3/c1-3-33-26(32)23-24(20-14-8-7-11-18(20)2)30-22-16-10-9-15-21(22)28-27(30)29(25(23)31)17-19-12-5-4-6-13-19/h4-16,23-24H,3,17H2,1-2H3/t23-,24-/m0/s1. The highest BCUT2D eigenvalue weighted by Gasteiger charge is 2.48. The van der Waals surface area contributed by atoms with Gasteiger partial charge in [0.25, 0.3) is 0 Å². The van der Waals surface area contributed by atoms with E-state index < -0.39 is 17.9 Å². The van der Waals surface area contributed by atoms with E-state index in [9.17, 15) is 9.59 Å². The molecule has 1 aromatic heterocycles. The van der Waals surface area contributed by atoms with Crippen molar-refractivity contribution in [2.75, 3.05) is 11.5 Å². The number of esters is 1. The van der Waals surface area contributed by atoms with Crippen molar-refractivity contribution < 1.29 is 14.3 Å². The van der Waals surface area contributed by atoms with Crippen LogP contribution < -0.4 is 4.90 Å². The van der Waals surface area contributed by atoms with Gasteiger partial charge in [-0.25, -0.2) is 4.98 Å². The van der Waals surface area contributed by atoms with Crippen LogP contribution in [0.1, 0.15) is 29.7 Å². The molecular formula is C27H25N3O3. The molecule has 6 nitrogen and oxygen atoms in total. The zero-order valence-corrected chi connectivity index (χ0v) is 18.6. The average molecular weight is 440 g/mol. The predicted octanol–water partition coefficient (Wildman–Crippen LogP) is 4.66. The zero-order valence-electron chi connectivity index (χ0n) is 18.6. The average Bonchev–Trinajstić information content (AvgIpc) is 3.21. The van der Waals surface area contributed by atoms with E-state index in [1.165, 1.54) is 0 Å². The summed E-state index contributed by atoms with van der Waals surface area (Å²) in [6.07, 6.45) is 0. The van der Waals surface area contributed by atoms with Gasteiger partial charge in [0, 0.05) is 0 Å². The fourth-order valence-corrected chi connectivity index (χ4v) is 4.66. The van der Waals surface area contributed by atoms with Crippen molar-refractivity contribution in [1.29, 1.82) is 0 Å². The smallest absolute Gasteiger partial charge is 0.321 e. The van der Waals surface area contributed by atoms with Gasteiger partial charge < -0.3 is 9.30 Å². The number of fused-ring (bicyclic) bond motifs is 3. The lowest BCUT2D eigenvalue weighted by atomic mass is 9.87. The minimum absolute atomic E-state index is 0.208. The number of nitrogens with zero attached hydrogens (tertiary/aromatic N) is 3. The van der Waals surface area contributed by atoms with Crippen molar-refractivity contribution in [3.8, 4) is 0 Å². The monoisotopic (exact) mass is 439 g/mol. The van der Waals surface area contributed by atoms with Gasteiger partial charge in [-0.2, -0.15) is 0 Å². The molecule has 1 aliphatic heterocycles. The summed E-state index contributed by atoms with van der Waals surface area (Å²) >= 11 is 0. The van der Waals surface area contributed by atoms with Crippen LogP contribution in [0.3, 0.4) is 0 Å². The van der Waals surface area contributed by atoms with E-state index in [4.69, 9.17) is 9.72 Å². The maximum atomic E-state index is 14.0. The summed E-state index contributed by atoms with van der Waals surface area (Å²) in [5, 5.41) is 0. The number of carbonyl (C=O) groups is 2. The van der Waals surface area contributed by atoms with Gasteiger partial charge in [-0.15, -0.1) is 0 Å². The van der Waals surface area contributed by atoms with E-state index in [-0.39, 0.29) is 12.5 Å². The van der Waals surface area contributed by atoms with E-state index in [2.05, 4.69) is 0 Å². The minimum Gasteiger partial charge on any atom is -0.465 e. The molecular weight excluding hydrogens is 414 g/mol. The lowest BCUT2D eigenvalue weighted by molar-refractivity contribution is -0.153. The highest BCUT2D eigenvalue weighted by molar-refractivity contribution is 6.08. The summed E-state index contributed by atoms with van der Waals surface area (Å²) in [7, 11) is 0. The molecule has 5 rings (SSSR count). The molecule has 1 amide bonds. The Kier molecular flexibility index (Phi) is 5.42. The van der Waals surface area contributed by atoms with Gasteiger partial charge in [0.05, 0.1) is 30.2 Å². The van der Waals surface area contributed by atoms with Crippen molar-refractivity contribution >= 4 is 28.9 Å². The third kappa shape index (κ3) is 3.57. The SMILES string of the molecule is CCOC(=O)[C@@H]1C(=O)N(Cc2ccccc2)c2nc3ccccc3n2[C@H]1c1ccccc1C. The Labute approximate surface area is 192 Å². The first-order chi connectivity index (χ1) is 16.1. The largest absolute Gasteiger partial charge is 0.465 e. The molecule has 1 aliphatic rings. The first-order valence-electron chi connectivity index (χ1n) is 11.1. The number of carbonyl (C=O) groups excluding carboxylic acids is 2. The van der Waals surface area contributed by atoms with Gasteiger partial charge in [-0.05, 0) is 42.7 Å². The highest BCUT2D eigenvalue weighted by atomic mass is 16.5. The highest BCUT2D eigenvalue weighted by Crippen LogP contribution is 2.42. The molecule has 4 aromatic rings. The van der Waals surface area contributed by atoms with Gasteiger partial charge in [-0.1, -0.05) is 66.7 Å². The zero-order chi connectivity index (χ0) is 22.9. The molecule has 3 aromatic carbocycles. The summed E-state index contributed by atoms with van der Waals surface area (Å²) < 4.78 is 7.46. The Hall–Kier alpha value is -3.93. The van der Waals surface area contributed by atoms with Crippen LogP contribution in [0.2, 0.25) is 0 Å². The topological polar surface area (TPSA) is 64.4 Å². The van der Waals surface area contributed by atoms with Crippen molar-refractivity contribution in [3.05, 3.63) is 95.6 Å². The molecule has 0 N–H and O–H groups in total. The van der Waals surface area contributed by atoms with E-state index in [0.717, 1.165) is 27.7 Å². The lowest BCUT2D eigenvalue weighted by Crippen LogP contribution is -2.50. The molecule has 0 spiro atoms. The van der Waals surface area contributed by atoms with Crippen LogP contribution in [0.25, 0.3) is 11.0 Å². The second-order valence-electron chi connectivity index (χ2n) is 8.21. The maximum absolute atomic E-state index is 14.0. The Morgan fingerprint density at radius 3 is 2.42 bits per heavy atom. The molecule has 33 heavy (non-hydrogen) atoms. The number of benzene rings is 3. The van der Waals surface area contributed by atoms with Crippen molar-refractivity contribution in [3.63, 3.8) is 0 Å². The molecule has 0 radical (unpaired) electrons. The number of para-hydroxylation sites is 2. The molecule has 0 fully saturated rings. The second-order valence-corrected chi connectivity index (χ2v) is 8.21. The number of hydrogen-bond acceptors (Lipinski definition) is 4.